The Balaban J connectivity index is 1.15. The van der Waals surface area contributed by atoms with E-state index in [1.807, 2.05) is 12.4 Å². The molecule has 3 aromatic rings. The first-order valence-corrected chi connectivity index (χ1v) is 25.3. The Labute approximate surface area is 281 Å². The van der Waals surface area contributed by atoms with E-state index in [4.69, 9.17) is 0 Å². The zero-order valence-electron chi connectivity index (χ0n) is 28.5. The van der Waals surface area contributed by atoms with Gasteiger partial charge in [0.05, 0.1) is 8.07 Å². The van der Waals surface area contributed by atoms with E-state index >= 15 is 0 Å². The maximum absolute atomic E-state index is 4.62. The van der Waals surface area contributed by atoms with E-state index in [9.17, 15) is 0 Å². The van der Waals surface area contributed by atoms with Crippen LogP contribution in [0, 0.1) is 35.5 Å². The highest BCUT2D eigenvalue weighted by atomic mass is 31.1. The Bertz CT molecular complexity index is 1410. The summed E-state index contributed by atoms with van der Waals surface area (Å²) in [4.78, 5) is 9.24. The molecule has 0 N–H and O–H groups in total. The third-order valence-corrected chi connectivity index (χ3v) is 22.3. The Kier molecular flexibility index (Phi) is 7.72. The molecule has 2 aromatic heterocycles. The number of aromatic nitrogens is 2. The smallest absolute Gasteiger partial charge is 0.0776 e. The Hall–Kier alpha value is -1.40. The van der Waals surface area contributed by atoms with Crippen LogP contribution in [0.25, 0.3) is 0 Å². The second kappa shape index (κ2) is 11.6. The van der Waals surface area contributed by atoms with Gasteiger partial charge in [-0.2, -0.15) is 0 Å². The van der Waals surface area contributed by atoms with Gasteiger partial charge in [0, 0.05) is 30.9 Å². The van der Waals surface area contributed by atoms with Gasteiger partial charge in [0.25, 0.3) is 0 Å². The third kappa shape index (κ3) is 5.52. The van der Waals surface area contributed by atoms with Gasteiger partial charge in [0.15, 0.2) is 0 Å². The van der Waals surface area contributed by atoms with Gasteiger partial charge in [-0.25, -0.2) is 0 Å². The highest BCUT2D eigenvalue weighted by molar-refractivity contribution is 7.72. The molecule has 46 heavy (non-hydrogen) atoms. The summed E-state index contributed by atoms with van der Waals surface area (Å²) >= 11 is 0. The average molecular weight is 665 g/mol. The second-order valence-electron chi connectivity index (χ2n) is 18.1. The minimum absolute atomic E-state index is 0.0787. The van der Waals surface area contributed by atoms with Crippen LogP contribution in [0.1, 0.15) is 88.2 Å². The predicted octanol–water partition coefficient (Wildman–Crippen LogP) is 9.57. The van der Waals surface area contributed by atoms with E-state index in [0.717, 1.165) is 41.7 Å². The summed E-state index contributed by atoms with van der Waals surface area (Å²) in [6.07, 6.45) is 29.6. The molecule has 8 aliphatic rings. The van der Waals surface area contributed by atoms with Crippen molar-refractivity contribution in [3.63, 3.8) is 0 Å². The standard InChI is InChI=1S/C41H54N2P2Si/c1-46(2,3)39-9-8-35(36(18-39)27-44(37-6-4-10-42-25-37)38-7-5-11-43-26-38)28-45(40-19-29-12-30(20-40)14-31(13-29)21-40)41-22-32-15-33(23-41)17-34(16-32)24-41/h4-11,18,25-26,29-34H,12-17,19-24,27-28H2,1-3H3. The fourth-order valence-corrected chi connectivity index (χ4v) is 21.4. The summed E-state index contributed by atoms with van der Waals surface area (Å²) in [5.74, 6) is 6.27. The molecule has 2 nitrogen and oxygen atoms in total. The first-order valence-electron chi connectivity index (χ1n) is 18.7. The van der Waals surface area contributed by atoms with Gasteiger partial charge in [0.1, 0.15) is 0 Å². The monoisotopic (exact) mass is 664 g/mol. The maximum Gasteiger partial charge on any atom is 0.0776 e. The maximum atomic E-state index is 4.62. The molecule has 8 aliphatic carbocycles. The van der Waals surface area contributed by atoms with Crippen LogP contribution in [0.5, 0.6) is 0 Å². The van der Waals surface area contributed by atoms with Crippen LogP contribution >= 0.6 is 15.8 Å². The predicted molar refractivity (Wildman–Crippen MR) is 200 cm³/mol. The van der Waals surface area contributed by atoms with E-state index in [2.05, 4.69) is 84.5 Å². The van der Waals surface area contributed by atoms with E-state index in [0.29, 0.717) is 10.3 Å². The highest BCUT2D eigenvalue weighted by Crippen LogP contribution is 2.79. The van der Waals surface area contributed by atoms with Gasteiger partial charge in [-0.05, 0) is 171 Å². The molecule has 5 heteroatoms. The first-order chi connectivity index (χ1) is 22.2. The molecule has 0 spiro atoms. The minimum atomic E-state index is -1.46. The molecule has 0 atom stereocenters. The normalized spacial score (nSPS) is 36.4. The molecule has 0 unspecified atom stereocenters. The van der Waals surface area contributed by atoms with Crippen molar-refractivity contribution in [2.24, 2.45) is 35.5 Å². The van der Waals surface area contributed by atoms with Crippen LogP contribution in [0.15, 0.2) is 67.3 Å². The van der Waals surface area contributed by atoms with Crippen molar-refractivity contribution in [1.29, 1.82) is 0 Å². The van der Waals surface area contributed by atoms with Crippen LogP contribution in [-0.2, 0) is 12.3 Å². The fraction of sp³-hybridized carbons (Fsp3) is 0.610. The molecule has 0 saturated heterocycles. The summed E-state index contributed by atoms with van der Waals surface area (Å²) in [7, 11) is -2.12. The van der Waals surface area contributed by atoms with E-state index < -0.39 is 16.0 Å². The van der Waals surface area contributed by atoms with Gasteiger partial charge in [0.2, 0.25) is 0 Å². The van der Waals surface area contributed by atoms with Crippen LogP contribution in [0.4, 0.5) is 0 Å². The Morgan fingerprint density at radius 3 is 1.46 bits per heavy atom. The molecule has 8 saturated carbocycles. The molecular formula is C41H54N2P2Si. The average Bonchev–Trinajstić information content (AvgIpc) is 3.02. The lowest BCUT2D eigenvalue weighted by Crippen LogP contribution is -2.56. The number of rotatable bonds is 9. The lowest BCUT2D eigenvalue weighted by atomic mass is 9.55. The Morgan fingerprint density at radius 1 is 0.609 bits per heavy atom. The summed E-state index contributed by atoms with van der Waals surface area (Å²) in [5.41, 5.74) is 3.40. The second-order valence-corrected chi connectivity index (χ2v) is 28.5. The topological polar surface area (TPSA) is 25.8 Å². The molecule has 0 radical (unpaired) electrons. The highest BCUT2D eigenvalue weighted by Gasteiger charge is 2.62. The fourth-order valence-electron chi connectivity index (χ4n) is 12.7. The van der Waals surface area contributed by atoms with Crippen LogP contribution < -0.4 is 15.8 Å². The lowest BCUT2D eigenvalue weighted by Gasteiger charge is -2.67. The lowest BCUT2D eigenvalue weighted by molar-refractivity contribution is 0.0184. The van der Waals surface area contributed by atoms with Gasteiger partial charge in [-0.3, -0.25) is 9.97 Å². The summed E-state index contributed by atoms with van der Waals surface area (Å²) in [6, 6.07) is 16.9. The summed E-state index contributed by atoms with van der Waals surface area (Å²) < 4.78 is 0. The summed E-state index contributed by atoms with van der Waals surface area (Å²) in [6.45, 7) is 7.61. The molecule has 8 bridgehead atoms. The number of nitrogens with zero attached hydrogens (tertiary/aromatic N) is 2. The van der Waals surface area contributed by atoms with Gasteiger partial charge >= 0.3 is 0 Å². The van der Waals surface area contributed by atoms with E-state index in [-0.39, 0.29) is 7.92 Å². The largest absolute Gasteiger partial charge is 0.264 e. The van der Waals surface area contributed by atoms with Crippen LogP contribution in [0.3, 0.4) is 0 Å². The van der Waals surface area contributed by atoms with Gasteiger partial charge < -0.3 is 0 Å². The molecule has 2 heterocycles. The number of benzene rings is 1. The van der Waals surface area contributed by atoms with E-state index in [1.165, 1.54) is 16.8 Å². The van der Waals surface area contributed by atoms with Crippen molar-refractivity contribution in [1.82, 2.24) is 9.97 Å². The van der Waals surface area contributed by atoms with Crippen molar-refractivity contribution in [2.75, 3.05) is 0 Å². The van der Waals surface area contributed by atoms with Crippen LogP contribution in [0.2, 0.25) is 19.6 Å². The quantitative estimate of drug-likeness (QED) is 0.168. The zero-order chi connectivity index (χ0) is 31.1. The van der Waals surface area contributed by atoms with Crippen LogP contribution in [-0.4, -0.2) is 28.4 Å². The molecule has 8 fully saturated rings. The number of hydrogen-bond donors (Lipinski definition) is 0. The van der Waals surface area contributed by atoms with Crippen molar-refractivity contribution >= 4 is 39.7 Å². The van der Waals surface area contributed by atoms with Gasteiger partial charge in [-0.15, -0.1) is 0 Å². The molecular weight excluding hydrogens is 610 g/mol. The molecule has 0 aliphatic heterocycles. The third-order valence-electron chi connectivity index (χ3n) is 13.8. The molecule has 1 aromatic carbocycles. The molecule has 242 valence electrons. The van der Waals surface area contributed by atoms with Crippen molar-refractivity contribution in [3.8, 4) is 0 Å². The van der Waals surface area contributed by atoms with Crippen molar-refractivity contribution in [2.45, 2.75) is 119 Å². The zero-order valence-corrected chi connectivity index (χ0v) is 31.3. The van der Waals surface area contributed by atoms with Crippen molar-refractivity contribution in [3.05, 3.63) is 78.4 Å². The first kappa shape index (κ1) is 30.6. The summed E-state index contributed by atoms with van der Waals surface area (Å²) in [5, 5.41) is 5.75. The minimum Gasteiger partial charge on any atom is -0.264 e. The number of pyridine rings is 2. The molecule has 11 rings (SSSR count). The SMILES string of the molecule is C[Si](C)(C)c1ccc(CP(C23CC4CC(CC(C4)C2)C3)C23CC4CC(CC(C4)C2)C3)c(CP(c2cccnc2)c2cccnc2)c1. The number of hydrogen-bond acceptors (Lipinski definition) is 2. The Morgan fingerprint density at radius 2 is 1.07 bits per heavy atom. The van der Waals surface area contributed by atoms with Gasteiger partial charge in [-0.1, -0.05) is 63.1 Å². The van der Waals surface area contributed by atoms with E-state index in [1.54, 1.807) is 93.4 Å². The molecule has 0 amide bonds. The van der Waals surface area contributed by atoms with Crippen molar-refractivity contribution < 1.29 is 0 Å².